The molecular formula is C30H38N4O6. The zero-order chi connectivity index (χ0) is 28.7. The molecule has 3 amide bonds. The Kier molecular flexibility index (Phi) is 9.52. The molecule has 40 heavy (non-hydrogen) atoms. The Morgan fingerprint density at radius 3 is 2.20 bits per heavy atom. The molecule has 1 saturated heterocycles. The van der Waals surface area contributed by atoms with Gasteiger partial charge in [0.1, 0.15) is 23.4 Å². The molecule has 10 nitrogen and oxygen atoms in total. The summed E-state index contributed by atoms with van der Waals surface area (Å²) in [5.41, 5.74) is 0.286. The standard InChI is InChI=1S/C30H38N4O6/c1-19(32-28(37)22-12-14-31-15-13-22)27(36)34-25(17-21-8-10-23(39-3)11-9-21)29(38)33-24(16-20-6-4-5-7-20)26(35)30(2)18-40-30/h8-15,19-20,24-25H,4-7,16-18H2,1-3H3,(H,32,37)(H,33,38)(H,34,36)/t19-,24+,25+,30+/m1/s1. The number of carbonyl (C=O) groups excluding carboxylic acids is 4. The van der Waals surface area contributed by atoms with Gasteiger partial charge in [0.05, 0.1) is 19.8 Å². The number of ketones is 1. The summed E-state index contributed by atoms with van der Waals surface area (Å²) >= 11 is 0. The van der Waals surface area contributed by atoms with E-state index in [2.05, 4.69) is 20.9 Å². The van der Waals surface area contributed by atoms with Crippen LogP contribution < -0.4 is 20.7 Å². The number of benzene rings is 1. The summed E-state index contributed by atoms with van der Waals surface area (Å²) in [7, 11) is 1.57. The molecule has 4 atom stereocenters. The maximum absolute atomic E-state index is 13.7. The first-order chi connectivity index (χ1) is 19.2. The maximum Gasteiger partial charge on any atom is 0.252 e. The predicted molar refractivity (Wildman–Crippen MR) is 148 cm³/mol. The highest BCUT2D eigenvalue weighted by Crippen LogP contribution is 2.33. The van der Waals surface area contributed by atoms with Gasteiger partial charge in [0.2, 0.25) is 11.8 Å². The maximum atomic E-state index is 13.7. The fourth-order valence-corrected chi connectivity index (χ4v) is 5.05. The highest BCUT2D eigenvalue weighted by molar-refractivity contribution is 5.99. The summed E-state index contributed by atoms with van der Waals surface area (Å²) in [5.74, 6) is -0.526. The van der Waals surface area contributed by atoms with E-state index in [0.717, 1.165) is 31.2 Å². The van der Waals surface area contributed by atoms with Crippen LogP contribution in [0.4, 0.5) is 0 Å². The van der Waals surface area contributed by atoms with E-state index in [9.17, 15) is 19.2 Å². The minimum atomic E-state index is -0.979. The molecule has 1 saturated carbocycles. The monoisotopic (exact) mass is 550 g/mol. The third-order valence-electron chi connectivity index (χ3n) is 7.69. The largest absolute Gasteiger partial charge is 0.497 e. The second kappa shape index (κ2) is 13.0. The van der Waals surface area contributed by atoms with Crippen LogP contribution in [0.2, 0.25) is 0 Å². The molecule has 0 spiro atoms. The van der Waals surface area contributed by atoms with Crippen LogP contribution in [0.25, 0.3) is 0 Å². The average molecular weight is 551 g/mol. The summed E-state index contributed by atoms with van der Waals surface area (Å²) in [6.07, 6.45) is 8.00. The first-order valence-corrected chi connectivity index (χ1v) is 13.8. The lowest BCUT2D eigenvalue weighted by atomic mass is 9.90. The number of hydrogen-bond donors (Lipinski definition) is 3. The Balaban J connectivity index is 1.48. The SMILES string of the molecule is COc1ccc(C[C@H](NC(=O)[C@@H](C)NC(=O)c2ccncc2)C(=O)N[C@@H](CC2CCCC2)C(=O)[C@]2(C)CO2)cc1. The van der Waals surface area contributed by atoms with E-state index in [-0.39, 0.29) is 12.2 Å². The zero-order valence-electron chi connectivity index (χ0n) is 23.3. The zero-order valence-corrected chi connectivity index (χ0v) is 23.3. The molecule has 10 heteroatoms. The fourth-order valence-electron chi connectivity index (χ4n) is 5.05. The van der Waals surface area contributed by atoms with Gasteiger partial charge in [-0.2, -0.15) is 0 Å². The molecule has 1 aliphatic carbocycles. The number of Topliss-reactive ketones (excluding diaryl/α,β-unsaturated/α-hetero) is 1. The first-order valence-electron chi connectivity index (χ1n) is 13.8. The highest BCUT2D eigenvalue weighted by Gasteiger charge is 2.50. The summed E-state index contributed by atoms with van der Waals surface area (Å²) < 4.78 is 10.6. The second-order valence-electron chi connectivity index (χ2n) is 10.9. The molecule has 2 fully saturated rings. The number of epoxide rings is 1. The molecule has 1 aromatic heterocycles. The minimum absolute atomic E-state index is 0.139. The van der Waals surface area contributed by atoms with Crippen molar-refractivity contribution in [3.8, 4) is 5.75 Å². The van der Waals surface area contributed by atoms with E-state index in [1.165, 1.54) is 12.4 Å². The molecule has 2 aromatic rings. The molecule has 2 heterocycles. The summed E-state index contributed by atoms with van der Waals surface area (Å²) in [5, 5.41) is 8.39. The van der Waals surface area contributed by atoms with Gasteiger partial charge in [-0.1, -0.05) is 37.8 Å². The second-order valence-corrected chi connectivity index (χ2v) is 10.9. The van der Waals surface area contributed by atoms with Crippen molar-refractivity contribution in [3.63, 3.8) is 0 Å². The number of ether oxygens (including phenoxy) is 2. The summed E-state index contributed by atoms with van der Waals surface area (Å²) in [6.45, 7) is 3.63. The van der Waals surface area contributed by atoms with Gasteiger partial charge in [-0.3, -0.25) is 24.2 Å². The average Bonchev–Trinajstić information content (AvgIpc) is 3.50. The number of aromatic nitrogens is 1. The number of nitrogens with one attached hydrogen (secondary N) is 3. The lowest BCUT2D eigenvalue weighted by Crippen LogP contribution is -2.57. The van der Waals surface area contributed by atoms with Crippen molar-refractivity contribution in [2.45, 2.75) is 76.1 Å². The number of carbonyl (C=O) groups is 4. The highest BCUT2D eigenvalue weighted by atomic mass is 16.6. The number of amides is 3. The van der Waals surface area contributed by atoms with Gasteiger partial charge in [-0.15, -0.1) is 0 Å². The third-order valence-corrected chi connectivity index (χ3v) is 7.69. The van der Waals surface area contributed by atoms with Crippen LogP contribution in [0.15, 0.2) is 48.8 Å². The molecule has 3 N–H and O–H groups in total. The van der Waals surface area contributed by atoms with Gasteiger partial charge in [0.15, 0.2) is 5.78 Å². The summed E-state index contributed by atoms with van der Waals surface area (Å²) in [4.78, 5) is 56.6. The molecule has 1 aliphatic heterocycles. The van der Waals surface area contributed by atoms with Crippen molar-refractivity contribution in [1.82, 2.24) is 20.9 Å². The minimum Gasteiger partial charge on any atom is -0.497 e. The smallest absolute Gasteiger partial charge is 0.252 e. The Labute approximate surface area is 234 Å². The quantitative estimate of drug-likeness (QED) is 0.326. The first kappa shape index (κ1) is 29.2. The van der Waals surface area contributed by atoms with Crippen LogP contribution in [0.1, 0.15) is 61.9 Å². The van der Waals surface area contributed by atoms with Crippen LogP contribution in [0.5, 0.6) is 5.75 Å². The molecule has 0 bridgehead atoms. The molecular weight excluding hydrogens is 512 g/mol. The number of hydrogen-bond acceptors (Lipinski definition) is 7. The van der Waals surface area contributed by atoms with Gasteiger partial charge >= 0.3 is 0 Å². The Morgan fingerprint density at radius 1 is 0.975 bits per heavy atom. The third kappa shape index (κ3) is 7.65. The van der Waals surface area contributed by atoms with Gasteiger partial charge < -0.3 is 25.4 Å². The van der Waals surface area contributed by atoms with E-state index < -0.39 is 41.4 Å². The lowest BCUT2D eigenvalue weighted by molar-refractivity contribution is -0.133. The fraction of sp³-hybridized carbons (Fsp3) is 0.500. The molecule has 2 aliphatic rings. The summed E-state index contributed by atoms with van der Waals surface area (Å²) in [6, 6.07) is 7.69. The van der Waals surface area contributed by atoms with Crippen LogP contribution in [-0.4, -0.2) is 65.9 Å². The number of pyridine rings is 1. The van der Waals surface area contributed by atoms with Crippen molar-refractivity contribution >= 4 is 23.5 Å². The topological polar surface area (TPSA) is 139 Å². The van der Waals surface area contributed by atoms with E-state index in [1.807, 2.05) is 12.1 Å². The van der Waals surface area contributed by atoms with Gasteiger partial charge in [0, 0.05) is 24.4 Å². The van der Waals surface area contributed by atoms with Crippen molar-refractivity contribution in [3.05, 3.63) is 59.9 Å². The lowest BCUT2D eigenvalue weighted by Gasteiger charge is -2.26. The normalized spacial score (nSPS) is 20.6. The van der Waals surface area contributed by atoms with Crippen molar-refractivity contribution in [1.29, 1.82) is 0 Å². The van der Waals surface area contributed by atoms with E-state index in [1.54, 1.807) is 45.2 Å². The number of methoxy groups -OCH3 is 1. The van der Waals surface area contributed by atoms with E-state index in [4.69, 9.17) is 9.47 Å². The van der Waals surface area contributed by atoms with Gasteiger partial charge in [-0.05, 0) is 56.0 Å². The molecule has 0 radical (unpaired) electrons. The van der Waals surface area contributed by atoms with Gasteiger partial charge in [-0.25, -0.2) is 0 Å². The number of nitrogens with zero attached hydrogens (tertiary/aromatic N) is 1. The van der Waals surface area contributed by atoms with Crippen molar-refractivity contribution in [2.24, 2.45) is 5.92 Å². The molecule has 214 valence electrons. The van der Waals surface area contributed by atoms with Crippen LogP contribution in [-0.2, 0) is 25.5 Å². The van der Waals surface area contributed by atoms with Crippen LogP contribution in [0, 0.1) is 5.92 Å². The Morgan fingerprint density at radius 2 is 1.60 bits per heavy atom. The van der Waals surface area contributed by atoms with Gasteiger partial charge in [0.25, 0.3) is 5.91 Å². The number of rotatable bonds is 13. The Bertz CT molecular complexity index is 1190. The van der Waals surface area contributed by atoms with E-state index >= 15 is 0 Å². The van der Waals surface area contributed by atoms with Crippen LogP contribution in [0.3, 0.4) is 0 Å². The predicted octanol–water partition coefficient (Wildman–Crippen LogP) is 2.36. The molecule has 4 rings (SSSR count). The van der Waals surface area contributed by atoms with Crippen LogP contribution >= 0.6 is 0 Å². The van der Waals surface area contributed by atoms with Crippen molar-refractivity contribution < 1.29 is 28.7 Å². The van der Waals surface area contributed by atoms with Crippen molar-refractivity contribution in [2.75, 3.05) is 13.7 Å². The van der Waals surface area contributed by atoms with E-state index in [0.29, 0.717) is 30.3 Å². The Hall–Kier alpha value is -3.79. The molecule has 1 aromatic carbocycles. The molecule has 0 unspecified atom stereocenters.